The molecule has 0 fully saturated rings. The number of aromatic nitrogens is 1. The maximum Gasteiger partial charge on any atom is 0.227 e. The maximum atomic E-state index is 10.4. The molecule has 5 heteroatoms. The molecule has 1 heterocycles. The molecule has 60 valence electrons. The molecule has 11 heavy (non-hydrogen) atoms. The maximum absolute atomic E-state index is 10.4. The lowest BCUT2D eigenvalue weighted by Crippen LogP contribution is -2.12. The van der Waals surface area contributed by atoms with E-state index in [1.54, 1.807) is 0 Å². The first-order chi connectivity index (χ1) is 5.18. The van der Waals surface area contributed by atoms with Crippen molar-refractivity contribution in [2.24, 2.45) is 5.73 Å². The number of rotatable bonds is 3. The molecule has 0 aliphatic heterocycles. The Kier molecular flexibility index (Phi) is 2.90. The molecule has 1 aromatic heterocycles. The molecule has 1 rings (SSSR count). The van der Waals surface area contributed by atoms with E-state index in [1.165, 1.54) is 23.1 Å². The summed E-state index contributed by atoms with van der Waals surface area (Å²) >= 11 is 2.92. The summed E-state index contributed by atoms with van der Waals surface area (Å²) in [5, 5.41) is 1.95. The number of hydrogen-bond acceptors (Lipinski definition) is 4. The first-order valence-electron chi connectivity index (χ1n) is 3.01. The van der Waals surface area contributed by atoms with Crippen molar-refractivity contribution in [2.45, 2.75) is 11.3 Å². The molecule has 0 spiro atoms. The zero-order chi connectivity index (χ0) is 8.27. The highest BCUT2D eigenvalue weighted by molar-refractivity contribution is 8.01. The van der Waals surface area contributed by atoms with Crippen molar-refractivity contribution in [3.05, 3.63) is 11.1 Å². The Hall–Kier alpha value is -0.550. The number of aryl methyl sites for hydroxylation is 1. The molecule has 0 aliphatic carbocycles. The third kappa shape index (κ3) is 2.90. The normalized spacial score (nSPS) is 9.91. The molecule has 0 aliphatic rings. The van der Waals surface area contributed by atoms with E-state index in [2.05, 4.69) is 4.98 Å². The fourth-order valence-corrected chi connectivity index (χ4v) is 2.12. The number of carbonyl (C=O) groups is 1. The predicted octanol–water partition coefficient (Wildman–Crippen LogP) is 1.03. The van der Waals surface area contributed by atoms with E-state index >= 15 is 0 Å². The topological polar surface area (TPSA) is 56.0 Å². The van der Waals surface area contributed by atoms with E-state index in [0.29, 0.717) is 5.75 Å². The Morgan fingerprint density at radius 3 is 3.09 bits per heavy atom. The number of hydrogen-bond donors (Lipinski definition) is 1. The summed E-state index contributed by atoms with van der Waals surface area (Å²) in [7, 11) is 0. The molecule has 0 aromatic carbocycles. The van der Waals surface area contributed by atoms with Crippen LogP contribution in [-0.2, 0) is 4.79 Å². The van der Waals surface area contributed by atoms with E-state index in [0.717, 1.165) is 10.0 Å². The number of nitrogens with zero attached hydrogens (tertiary/aromatic N) is 1. The third-order valence-corrected chi connectivity index (χ3v) is 3.10. The largest absolute Gasteiger partial charge is 0.369 e. The second-order valence-electron chi connectivity index (χ2n) is 2.01. The van der Waals surface area contributed by atoms with Crippen LogP contribution in [0.3, 0.4) is 0 Å². The van der Waals surface area contributed by atoms with Crippen molar-refractivity contribution >= 4 is 29.0 Å². The minimum Gasteiger partial charge on any atom is -0.369 e. The highest BCUT2D eigenvalue weighted by Crippen LogP contribution is 2.21. The van der Waals surface area contributed by atoms with E-state index in [9.17, 15) is 4.79 Å². The van der Waals surface area contributed by atoms with Crippen molar-refractivity contribution < 1.29 is 4.79 Å². The summed E-state index contributed by atoms with van der Waals surface area (Å²) in [6.45, 7) is 1.92. The standard InChI is InChI=1S/C6H8N2OS2/c1-4-2-10-6(8-4)11-3-5(7)9/h2H,3H2,1H3,(H2,7,9). The number of amides is 1. The van der Waals surface area contributed by atoms with Gasteiger partial charge in [-0.2, -0.15) is 0 Å². The molecule has 3 nitrogen and oxygen atoms in total. The number of carbonyl (C=O) groups excluding carboxylic acids is 1. The molecule has 0 radical (unpaired) electrons. The Balaban J connectivity index is 2.45. The zero-order valence-corrected chi connectivity index (χ0v) is 7.67. The van der Waals surface area contributed by atoms with Gasteiger partial charge in [-0.05, 0) is 6.92 Å². The lowest BCUT2D eigenvalue weighted by Gasteiger charge is -1.89. The van der Waals surface area contributed by atoms with Crippen molar-refractivity contribution in [1.82, 2.24) is 4.98 Å². The van der Waals surface area contributed by atoms with E-state index < -0.39 is 0 Å². The fraction of sp³-hybridized carbons (Fsp3) is 0.333. The van der Waals surface area contributed by atoms with Gasteiger partial charge in [0.15, 0.2) is 4.34 Å². The van der Waals surface area contributed by atoms with Crippen LogP contribution in [0.25, 0.3) is 0 Å². The van der Waals surface area contributed by atoms with Crippen LogP contribution in [-0.4, -0.2) is 16.6 Å². The molecule has 0 bridgehead atoms. The summed E-state index contributed by atoms with van der Waals surface area (Å²) in [5.74, 6) is 0.00954. The average Bonchev–Trinajstić information content (AvgIpc) is 2.31. The number of thiazole rings is 1. The first-order valence-corrected chi connectivity index (χ1v) is 4.88. The summed E-state index contributed by atoms with van der Waals surface area (Å²) in [6, 6.07) is 0. The summed E-state index contributed by atoms with van der Waals surface area (Å²) in [4.78, 5) is 14.5. The van der Waals surface area contributed by atoms with Crippen molar-refractivity contribution in [3.63, 3.8) is 0 Å². The zero-order valence-electron chi connectivity index (χ0n) is 6.03. The molecular weight excluding hydrogens is 180 g/mol. The minimum absolute atomic E-state index is 0.303. The summed E-state index contributed by atoms with van der Waals surface area (Å²) in [5.41, 5.74) is 5.95. The fourth-order valence-electron chi connectivity index (χ4n) is 0.532. The third-order valence-electron chi connectivity index (χ3n) is 0.936. The van der Waals surface area contributed by atoms with Crippen LogP contribution < -0.4 is 5.73 Å². The molecular formula is C6H8N2OS2. The van der Waals surface area contributed by atoms with Crippen LogP contribution in [0.2, 0.25) is 0 Å². The molecule has 0 saturated carbocycles. The Morgan fingerprint density at radius 2 is 2.64 bits per heavy atom. The lowest BCUT2D eigenvalue weighted by molar-refractivity contribution is -0.115. The van der Waals surface area contributed by atoms with Crippen LogP contribution in [0.5, 0.6) is 0 Å². The van der Waals surface area contributed by atoms with Gasteiger partial charge >= 0.3 is 0 Å². The van der Waals surface area contributed by atoms with Gasteiger partial charge in [0.25, 0.3) is 0 Å². The molecule has 1 amide bonds. The molecule has 2 N–H and O–H groups in total. The summed E-state index contributed by atoms with van der Waals surface area (Å²) < 4.78 is 0.904. The van der Waals surface area contributed by atoms with Gasteiger partial charge in [-0.25, -0.2) is 4.98 Å². The van der Waals surface area contributed by atoms with E-state index in [4.69, 9.17) is 5.73 Å². The van der Waals surface area contributed by atoms with E-state index in [-0.39, 0.29) is 5.91 Å². The summed E-state index contributed by atoms with van der Waals surface area (Å²) in [6.07, 6.45) is 0. The van der Waals surface area contributed by atoms with Crippen LogP contribution in [0.1, 0.15) is 5.69 Å². The van der Waals surface area contributed by atoms with E-state index in [1.807, 2.05) is 12.3 Å². The van der Waals surface area contributed by atoms with Gasteiger partial charge in [0.05, 0.1) is 5.75 Å². The highest BCUT2D eigenvalue weighted by atomic mass is 32.2. The van der Waals surface area contributed by atoms with Crippen LogP contribution in [0.4, 0.5) is 0 Å². The van der Waals surface area contributed by atoms with Gasteiger partial charge < -0.3 is 5.73 Å². The second kappa shape index (κ2) is 3.73. The van der Waals surface area contributed by atoms with Crippen LogP contribution in [0.15, 0.2) is 9.72 Å². The quantitative estimate of drug-likeness (QED) is 0.721. The molecule has 0 unspecified atom stereocenters. The van der Waals surface area contributed by atoms with Crippen molar-refractivity contribution in [3.8, 4) is 0 Å². The monoisotopic (exact) mass is 188 g/mol. The SMILES string of the molecule is Cc1csc(SCC(N)=O)n1. The van der Waals surface area contributed by atoms with Crippen molar-refractivity contribution in [1.29, 1.82) is 0 Å². The Labute approximate surface area is 73.0 Å². The van der Waals surface area contributed by atoms with Gasteiger partial charge in [0, 0.05) is 11.1 Å². The lowest BCUT2D eigenvalue weighted by atomic mass is 10.6. The highest BCUT2D eigenvalue weighted by Gasteiger charge is 2.00. The number of thioether (sulfide) groups is 1. The molecule has 0 saturated heterocycles. The Bertz CT molecular complexity index is 259. The van der Waals surface area contributed by atoms with Crippen LogP contribution >= 0.6 is 23.1 Å². The predicted molar refractivity (Wildman–Crippen MR) is 46.8 cm³/mol. The van der Waals surface area contributed by atoms with Gasteiger partial charge in [-0.15, -0.1) is 11.3 Å². The first kappa shape index (κ1) is 8.55. The molecule has 0 atom stereocenters. The number of primary amides is 1. The van der Waals surface area contributed by atoms with Crippen LogP contribution in [0, 0.1) is 6.92 Å². The van der Waals surface area contributed by atoms with Gasteiger partial charge in [0.1, 0.15) is 0 Å². The average molecular weight is 188 g/mol. The minimum atomic E-state index is -0.303. The molecule has 1 aromatic rings. The van der Waals surface area contributed by atoms with Crippen molar-refractivity contribution in [2.75, 3.05) is 5.75 Å². The van der Waals surface area contributed by atoms with Gasteiger partial charge in [-0.1, -0.05) is 11.8 Å². The van der Waals surface area contributed by atoms with Gasteiger partial charge in [0.2, 0.25) is 5.91 Å². The second-order valence-corrected chi connectivity index (χ2v) is 4.09. The van der Waals surface area contributed by atoms with Gasteiger partial charge in [-0.3, -0.25) is 4.79 Å². The smallest absolute Gasteiger partial charge is 0.227 e. The number of nitrogens with two attached hydrogens (primary N) is 1. The Morgan fingerprint density at radius 1 is 1.91 bits per heavy atom.